The zero-order chi connectivity index (χ0) is 37.7. The Balaban J connectivity index is 1.30. The lowest BCUT2D eigenvalue weighted by atomic mass is 9.88. The van der Waals surface area contributed by atoms with Crippen LogP contribution in [0.3, 0.4) is 0 Å². The topological polar surface area (TPSA) is 69.9 Å². The second-order valence-corrected chi connectivity index (χ2v) is 16.5. The first-order chi connectivity index (χ1) is 26.5. The van der Waals surface area contributed by atoms with Gasteiger partial charge in [-0.15, -0.1) is 0 Å². The van der Waals surface area contributed by atoms with Gasteiger partial charge in [-0.3, -0.25) is 4.57 Å². The Kier molecular flexibility index (Phi) is 7.34. The molecule has 0 N–H and O–H groups in total. The normalized spacial score (nSPS) is 12.6. The van der Waals surface area contributed by atoms with Crippen molar-refractivity contribution in [1.82, 2.24) is 19.5 Å². The van der Waals surface area contributed by atoms with E-state index in [1.165, 1.54) is 33.3 Å². The van der Waals surface area contributed by atoms with Gasteiger partial charge in [0.1, 0.15) is 22.4 Å². The summed E-state index contributed by atoms with van der Waals surface area (Å²) in [7, 11) is 0. The van der Waals surface area contributed by atoms with Crippen molar-refractivity contribution in [2.24, 2.45) is 0 Å². The van der Waals surface area contributed by atoms with E-state index in [9.17, 15) is 0 Å². The quantitative estimate of drug-likeness (QED) is 0.177. The summed E-state index contributed by atoms with van der Waals surface area (Å²) in [4.78, 5) is 15.6. The van der Waals surface area contributed by atoms with E-state index in [1.54, 1.807) is 0 Å². The average Bonchev–Trinajstić information content (AvgIpc) is 3.90. The van der Waals surface area contributed by atoms with Crippen molar-refractivity contribution >= 4 is 65.9 Å². The van der Waals surface area contributed by atoms with Crippen LogP contribution in [0.2, 0.25) is 0 Å². The predicted molar refractivity (Wildman–Crippen MR) is 226 cm³/mol. The van der Waals surface area contributed by atoms with Gasteiger partial charge in [0.2, 0.25) is 5.89 Å². The Morgan fingerprint density at radius 2 is 1.25 bits per heavy atom. The van der Waals surface area contributed by atoms with Crippen LogP contribution in [0.5, 0.6) is 0 Å². The van der Waals surface area contributed by atoms with Crippen molar-refractivity contribution in [3.63, 3.8) is 0 Å². The SMILES string of the molecule is CC(C)c1cc(-c2ccccc2)cc(C(C)C)c1-n1c(-c2cccc3c2oc2cc4c(ccc5oc(C(C)(C)C)nc54)nc23)nc2ccc3ccccc3c21. The van der Waals surface area contributed by atoms with E-state index < -0.39 is 0 Å². The summed E-state index contributed by atoms with van der Waals surface area (Å²) in [6.07, 6.45) is 0. The van der Waals surface area contributed by atoms with Gasteiger partial charge in [0.25, 0.3) is 0 Å². The summed E-state index contributed by atoms with van der Waals surface area (Å²) in [5, 5.41) is 4.19. The van der Waals surface area contributed by atoms with E-state index in [0.717, 1.165) is 66.3 Å². The summed E-state index contributed by atoms with van der Waals surface area (Å²) in [6, 6.07) is 40.8. The minimum atomic E-state index is -0.222. The maximum Gasteiger partial charge on any atom is 0.200 e. The number of oxazole rings is 1. The van der Waals surface area contributed by atoms with Crippen LogP contribution in [-0.4, -0.2) is 19.5 Å². The molecule has 10 aromatic rings. The van der Waals surface area contributed by atoms with Gasteiger partial charge in [0, 0.05) is 21.6 Å². The minimum absolute atomic E-state index is 0.222. The third-order valence-corrected chi connectivity index (χ3v) is 11.0. The van der Waals surface area contributed by atoms with Gasteiger partial charge in [0.05, 0.1) is 27.8 Å². The molecule has 6 aromatic carbocycles. The molecule has 0 saturated carbocycles. The van der Waals surface area contributed by atoms with Crippen LogP contribution in [0.25, 0.3) is 94.1 Å². The number of nitrogens with zero attached hydrogens (tertiary/aromatic N) is 4. The Hall–Kier alpha value is -6.27. The molecule has 4 aromatic heterocycles. The second-order valence-electron chi connectivity index (χ2n) is 16.5. The Labute approximate surface area is 319 Å². The molecule has 0 atom stereocenters. The number of hydrogen-bond acceptors (Lipinski definition) is 5. The van der Waals surface area contributed by atoms with Gasteiger partial charge >= 0.3 is 0 Å². The van der Waals surface area contributed by atoms with Crippen LogP contribution in [0.1, 0.15) is 77.3 Å². The largest absolute Gasteiger partial charge is 0.454 e. The molecule has 0 aliphatic rings. The van der Waals surface area contributed by atoms with Crippen LogP contribution in [-0.2, 0) is 5.41 Å². The predicted octanol–water partition coefficient (Wildman–Crippen LogP) is 13.6. The first-order valence-corrected chi connectivity index (χ1v) is 19.3. The molecule has 0 unspecified atom stereocenters. The lowest BCUT2D eigenvalue weighted by Gasteiger charge is -2.24. The molecule has 6 nitrogen and oxygen atoms in total. The minimum Gasteiger partial charge on any atom is -0.454 e. The standard InChI is InChI=1S/C49H42N4O2/c1-27(2)35-24-31(29-14-9-8-10-15-29)25-36(28(3)4)44(35)53-45-32-17-12-11-16-30(32)20-21-39(45)51-47(53)34-19-13-18-33-42-41(54-46(33)34)26-37-38(50-42)22-23-40-43(37)52-48(55-40)49(5,6)7/h8-28H,1-7H3. The van der Waals surface area contributed by atoms with Crippen molar-refractivity contribution in [2.45, 2.75) is 65.7 Å². The van der Waals surface area contributed by atoms with Gasteiger partial charge < -0.3 is 8.83 Å². The molecule has 6 heteroatoms. The van der Waals surface area contributed by atoms with Gasteiger partial charge in [-0.2, -0.15) is 0 Å². The number of aromatic nitrogens is 4. The molecule has 270 valence electrons. The Bertz CT molecular complexity index is 3110. The summed E-state index contributed by atoms with van der Waals surface area (Å²) in [5.74, 6) is 2.02. The smallest absolute Gasteiger partial charge is 0.200 e. The van der Waals surface area contributed by atoms with Crippen LogP contribution in [0.15, 0.2) is 124 Å². The zero-order valence-electron chi connectivity index (χ0n) is 32.2. The number of fused-ring (bicyclic) bond motifs is 9. The Morgan fingerprint density at radius 3 is 2.00 bits per heavy atom. The molecule has 10 rings (SSSR count). The molecule has 0 aliphatic carbocycles. The maximum absolute atomic E-state index is 6.90. The highest BCUT2D eigenvalue weighted by Crippen LogP contribution is 2.44. The highest BCUT2D eigenvalue weighted by Gasteiger charge is 2.27. The molecule has 0 bridgehead atoms. The van der Waals surface area contributed by atoms with Gasteiger partial charge in [-0.25, -0.2) is 15.0 Å². The number of pyridine rings is 1. The number of para-hydroxylation sites is 1. The monoisotopic (exact) mass is 718 g/mol. The van der Waals surface area contributed by atoms with Crippen LogP contribution < -0.4 is 0 Å². The average molecular weight is 719 g/mol. The van der Waals surface area contributed by atoms with Gasteiger partial charge in [0.15, 0.2) is 11.2 Å². The molecule has 55 heavy (non-hydrogen) atoms. The summed E-state index contributed by atoms with van der Waals surface area (Å²) in [6.45, 7) is 15.5. The molecule has 0 spiro atoms. The lowest BCUT2D eigenvalue weighted by Crippen LogP contribution is -2.10. The summed E-state index contributed by atoms with van der Waals surface area (Å²) in [5.41, 5.74) is 13.5. The van der Waals surface area contributed by atoms with E-state index in [4.69, 9.17) is 23.8 Å². The van der Waals surface area contributed by atoms with Crippen molar-refractivity contribution in [3.8, 4) is 28.2 Å². The molecule has 0 amide bonds. The number of hydrogen-bond donors (Lipinski definition) is 0. The highest BCUT2D eigenvalue weighted by molar-refractivity contribution is 6.14. The molecule has 4 heterocycles. The maximum atomic E-state index is 6.90. The lowest BCUT2D eigenvalue weighted by molar-refractivity contribution is 0.411. The second kappa shape index (κ2) is 12.1. The number of rotatable bonds is 5. The van der Waals surface area contributed by atoms with Crippen molar-refractivity contribution in [1.29, 1.82) is 0 Å². The third kappa shape index (κ3) is 5.19. The molecular formula is C49H42N4O2. The summed E-state index contributed by atoms with van der Waals surface area (Å²) >= 11 is 0. The third-order valence-electron chi connectivity index (χ3n) is 11.0. The van der Waals surface area contributed by atoms with E-state index in [0.29, 0.717) is 11.5 Å². The zero-order valence-corrected chi connectivity index (χ0v) is 32.2. The van der Waals surface area contributed by atoms with Crippen LogP contribution in [0.4, 0.5) is 0 Å². The fourth-order valence-electron chi connectivity index (χ4n) is 8.18. The fourth-order valence-corrected chi connectivity index (χ4v) is 8.18. The van der Waals surface area contributed by atoms with Crippen molar-refractivity contribution < 1.29 is 8.83 Å². The molecule has 0 aliphatic heterocycles. The van der Waals surface area contributed by atoms with E-state index in [-0.39, 0.29) is 17.3 Å². The van der Waals surface area contributed by atoms with E-state index >= 15 is 0 Å². The molecule has 0 saturated heterocycles. The fraction of sp³-hybridized carbons (Fsp3) is 0.204. The number of benzene rings is 6. The highest BCUT2D eigenvalue weighted by atomic mass is 16.3. The number of furan rings is 1. The van der Waals surface area contributed by atoms with Crippen LogP contribution >= 0.6 is 0 Å². The van der Waals surface area contributed by atoms with Gasteiger partial charge in [-0.05, 0) is 88.0 Å². The molecule has 0 fully saturated rings. The van der Waals surface area contributed by atoms with Crippen LogP contribution in [0, 0.1) is 0 Å². The van der Waals surface area contributed by atoms with Gasteiger partial charge in [-0.1, -0.05) is 115 Å². The first-order valence-electron chi connectivity index (χ1n) is 19.3. The first kappa shape index (κ1) is 33.3. The Morgan fingerprint density at radius 1 is 0.564 bits per heavy atom. The molecular weight excluding hydrogens is 677 g/mol. The van der Waals surface area contributed by atoms with E-state index in [1.807, 2.05) is 12.1 Å². The van der Waals surface area contributed by atoms with E-state index in [2.05, 4.69) is 156 Å². The molecule has 0 radical (unpaired) electrons. The summed E-state index contributed by atoms with van der Waals surface area (Å²) < 4.78 is 15.5. The van der Waals surface area contributed by atoms with Crippen molar-refractivity contribution in [2.75, 3.05) is 0 Å². The number of imidazole rings is 1. The van der Waals surface area contributed by atoms with Crippen molar-refractivity contribution in [3.05, 3.63) is 132 Å².